The van der Waals surface area contributed by atoms with Crippen LogP contribution in [0.1, 0.15) is 95.9 Å². The van der Waals surface area contributed by atoms with Gasteiger partial charge in [0.1, 0.15) is 0 Å². The molecule has 0 radical (unpaired) electrons. The Labute approximate surface area is 450 Å². The van der Waals surface area contributed by atoms with Gasteiger partial charge >= 0.3 is 11.8 Å². The maximum Gasteiger partial charge on any atom is 0.307 e. The fraction of sp³-hybridized carbons (Fsp3) is 0.308. The molecule has 74 heavy (non-hydrogen) atoms. The van der Waals surface area contributed by atoms with E-state index in [0.717, 1.165) is 13.8 Å². The Balaban J connectivity index is -0.000000406. The first-order valence-corrected chi connectivity index (χ1v) is 23.0. The van der Waals surface area contributed by atoms with Crippen molar-refractivity contribution in [2.75, 3.05) is 5.88 Å². The lowest BCUT2D eigenvalue weighted by Crippen LogP contribution is -2.29. The van der Waals surface area contributed by atoms with Crippen molar-refractivity contribution in [2.45, 2.75) is 98.5 Å². The largest absolute Gasteiger partial charge is 0.307 e. The molecule has 2 unspecified atom stereocenters. The number of benzene rings is 2. The minimum Gasteiger partial charge on any atom is -0.294 e. The number of halogens is 10. The first kappa shape index (κ1) is 74.5. The van der Waals surface area contributed by atoms with Crippen molar-refractivity contribution < 1.29 is 79.5 Å². The highest BCUT2D eigenvalue weighted by Crippen LogP contribution is 2.26. The van der Waals surface area contributed by atoms with Crippen molar-refractivity contribution in [3.63, 3.8) is 0 Å². The maximum absolute atomic E-state index is 12.8. The first-order valence-electron chi connectivity index (χ1n) is 20.9. The summed E-state index contributed by atoms with van der Waals surface area (Å²) in [5.41, 5.74) is -1.55. The lowest BCUT2D eigenvalue weighted by atomic mass is 9.99. The number of carbonyl (C=O) groups excluding carboxylic acids is 12. The zero-order valence-corrected chi connectivity index (χ0v) is 45.5. The van der Waals surface area contributed by atoms with E-state index in [1.54, 1.807) is 13.8 Å². The molecule has 0 saturated heterocycles. The van der Waals surface area contributed by atoms with Crippen LogP contribution in [0.25, 0.3) is 0 Å². The number of allylic oxidation sites excluding steroid dienone is 6. The van der Waals surface area contributed by atoms with Crippen LogP contribution in [0, 0.1) is 0 Å². The zero-order chi connectivity index (χ0) is 59.5. The molecule has 0 amide bonds. The van der Waals surface area contributed by atoms with Crippen LogP contribution in [-0.2, 0) is 47.9 Å². The molecule has 0 N–H and O–H groups in total. The van der Waals surface area contributed by atoms with E-state index in [2.05, 4.69) is 39.5 Å². The van der Waals surface area contributed by atoms with Gasteiger partial charge in [0, 0.05) is 47.9 Å². The van der Waals surface area contributed by atoms with E-state index in [1.165, 1.54) is 63.2 Å². The summed E-state index contributed by atoms with van der Waals surface area (Å²) in [4.78, 5) is 131. The number of carbonyl (C=O) groups is 12. The van der Waals surface area contributed by atoms with Gasteiger partial charge in [-0.1, -0.05) is 88.1 Å². The number of hydrogen-bond acceptors (Lipinski definition) is 12. The van der Waals surface area contributed by atoms with Crippen molar-refractivity contribution in [3.05, 3.63) is 142 Å². The van der Waals surface area contributed by atoms with E-state index < -0.39 is 75.0 Å². The van der Waals surface area contributed by atoms with Gasteiger partial charge < -0.3 is 0 Å². The molecule has 22 heteroatoms. The van der Waals surface area contributed by atoms with Crippen LogP contribution in [0.3, 0.4) is 0 Å². The van der Waals surface area contributed by atoms with Gasteiger partial charge in [-0.3, -0.25) is 57.5 Å². The molecular weight excluding hydrogens is 1090 g/mol. The molecule has 0 aromatic heterocycles. The average molecular weight is 1140 g/mol. The van der Waals surface area contributed by atoms with Crippen LogP contribution >= 0.6 is 58.0 Å². The molecule has 0 aliphatic carbocycles. The molecule has 0 aliphatic rings. The van der Waals surface area contributed by atoms with Crippen molar-refractivity contribution >= 4 is 127 Å². The van der Waals surface area contributed by atoms with E-state index in [9.17, 15) is 79.5 Å². The van der Waals surface area contributed by atoms with Crippen molar-refractivity contribution in [2.24, 2.45) is 0 Å². The van der Waals surface area contributed by atoms with E-state index in [4.69, 9.17) is 58.0 Å². The molecule has 2 atom stereocenters. The van der Waals surface area contributed by atoms with Gasteiger partial charge in [0.05, 0.1) is 49.7 Å². The lowest BCUT2D eigenvalue weighted by Gasteiger charge is -2.11. The third kappa shape index (κ3) is 28.5. The van der Waals surface area contributed by atoms with Gasteiger partial charge in [-0.2, -0.15) is 17.6 Å². The van der Waals surface area contributed by atoms with Crippen LogP contribution in [0.2, 0.25) is 15.1 Å². The summed E-state index contributed by atoms with van der Waals surface area (Å²) >= 11 is 27.6. The lowest BCUT2D eigenvalue weighted by molar-refractivity contribution is -0.138. The summed E-state index contributed by atoms with van der Waals surface area (Å²) in [6.07, 6.45) is -1.05. The van der Waals surface area contributed by atoms with Gasteiger partial charge in [0.25, 0.3) is 0 Å². The summed E-state index contributed by atoms with van der Waals surface area (Å²) in [7, 11) is 0. The Morgan fingerprint density at radius 2 is 0.905 bits per heavy atom. The van der Waals surface area contributed by atoms with Gasteiger partial charge in [-0.05, 0) is 77.1 Å². The Bertz CT molecular complexity index is 2550. The van der Waals surface area contributed by atoms with E-state index in [-0.39, 0.29) is 78.3 Å². The third-order valence-corrected chi connectivity index (χ3v) is 9.78. The standard InChI is InChI=1S/C12H8Cl2F2O2.C12H10ClFO2.2C7H9ClO2.C7H8F2O2.C7H10O2/c1-6(11(18)12(2,15)16)10(17)8-4-3-7(13)5-9(8)14;1-7(11(15)8(2)14)12(16)9-3-5-10(13)6-4-9;1-4(6(3)9)7(10)5(2)8;1-3-6(9)5(2)7(10)4-8;1-4(5(2)10)6(11)7(3,8)9;1-4-7(9)5(2)6(3)8/h3-5H,1H2,2H3;3-6,8H,1H2,2H3;5H,1H2,2-3H3;2-4H2,1H3;1H2,2-3H3;2,4H2,1,3H3. The molecule has 12 nitrogen and oxygen atoms in total. The predicted molar refractivity (Wildman–Crippen MR) is 277 cm³/mol. The molecular formula is C52H54Cl5F5O12. The Hall–Kier alpha value is -5.98. The van der Waals surface area contributed by atoms with Gasteiger partial charge in [-0.15, -0.1) is 23.2 Å². The monoisotopic (exact) mass is 1140 g/mol. The molecule has 0 saturated carbocycles. The van der Waals surface area contributed by atoms with Crippen molar-refractivity contribution in [1.82, 2.24) is 0 Å². The van der Waals surface area contributed by atoms with E-state index in [0.29, 0.717) is 31.7 Å². The Kier molecular flexibility index (Phi) is 35.5. The van der Waals surface area contributed by atoms with Crippen LogP contribution in [0.15, 0.2) is 115 Å². The van der Waals surface area contributed by atoms with Crippen LogP contribution in [0.4, 0.5) is 22.0 Å². The van der Waals surface area contributed by atoms with Crippen LogP contribution < -0.4 is 0 Å². The molecule has 2 rings (SSSR count). The van der Waals surface area contributed by atoms with E-state index in [1.807, 2.05) is 0 Å². The smallest absolute Gasteiger partial charge is 0.294 e. The number of rotatable bonds is 21. The number of ketones is 12. The Morgan fingerprint density at radius 1 is 0.527 bits per heavy atom. The second kappa shape index (κ2) is 35.3. The van der Waals surface area contributed by atoms with Gasteiger partial charge in [0.15, 0.2) is 64.0 Å². The molecule has 2 aromatic rings. The average Bonchev–Trinajstić information content (AvgIpc) is 3.33. The summed E-state index contributed by atoms with van der Waals surface area (Å²) in [6, 6.07) is 9.86. The van der Waals surface area contributed by atoms with Gasteiger partial charge in [-0.25, -0.2) is 4.39 Å². The quantitative estimate of drug-likeness (QED) is 0.0286. The summed E-state index contributed by atoms with van der Waals surface area (Å²) in [6.45, 7) is 29.7. The SMILES string of the molecule is C=C(C(=O)CC)C(=O)CCl.C=C(C(=O)c1ccc(Cl)cc1)C(=O)C(C)F.C=C(C(=O)c1ccc(Cl)cc1Cl)C(=O)C(C)(F)F.C=C(C(C)=O)C(=O)C(C)(F)F.C=C(C(C)=O)C(=O)C(C)Cl.C=C(C(C)=O)C(=O)CC. The van der Waals surface area contributed by atoms with Crippen LogP contribution in [-0.4, -0.2) is 98.7 Å². The van der Waals surface area contributed by atoms with Crippen LogP contribution in [0.5, 0.6) is 0 Å². The maximum atomic E-state index is 12.8. The minimum atomic E-state index is -3.65. The molecule has 0 spiro atoms. The summed E-state index contributed by atoms with van der Waals surface area (Å²) < 4.78 is 62.6. The molecule has 0 aliphatic heterocycles. The summed E-state index contributed by atoms with van der Waals surface area (Å²) in [5, 5.41) is 0.0823. The highest BCUT2D eigenvalue weighted by molar-refractivity contribution is 6.40. The minimum absolute atomic E-state index is 0.0116. The summed E-state index contributed by atoms with van der Waals surface area (Å²) in [5.74, 6) is -15.3. The second-order valence-corrected chi connectivity index (χ2v) is 17.0. The Morgan fingerprint density at radius 3 is 1.19 bits per heavy atom. The normalized spacial score (nSPS) is 10.9. The highest BCUT2D eigenvalue weighted by Gasteiger charge is 2.37. The second-order valence-electron chi connectivity index (χ2n) is 14.8. The fourth-order valence-electron chi connectivity index (χ4n) is 4.03. The highest BCUT2D eigenvalue weighted by atomic mass is 35.5. The van der Waals surface area contributed by atoms with Crippen molar-refractivity contribution in [1.29, 1.82) is 0 Å². The van der Waals surface area contributed by atoms with Crippen molar-refractivity contribution in [3.8, 4) is 0 Å². The number of Topliss-reactive ketones (excluding diaryl/α,β-unsaturated/α-hetero) is 12. The fourth-order valence-corrected chi connectivity index (χ4v) is 4.94. The molecule has 404 valence electrons. The van der Waals surface area contributed by atoms with Gasteiger partial charge in [0.2, 0.25) is 11.6 Å². The predicted octanol–water partition coefficient (Wildman–Crippen LogP) is 12.1. The topological polar surface area (TPSA) is 205 Å². The third-order valence-electron chi connectivity index (χ3n) is 8.54. The zero-order valence-electron chi connectivity index (χ0n) is 41.7. The number of hydrogen-bond donors (Lipinski definition) is 0. The molecule has 0 fully saturated rings. The van der Waals surface area contributed by atoms with E-state index >= 15 is 0 Å². The number of alkyl halides is 7. The first-order chi connectivity index (χ1) is 33.5. The molecule has 0 heterocycles. The molecule has 2 aromatic carbocycles. The molecule has 0 bridgehead atoms.